The minimum atomic E-state index is -0.127. The predicted octanol–water partition coefficient (Wildman–Crippen LogP) is 16.3. The Labute approximate surface area is 353 Å². The van der Waals surface area contributed by atoms with Gasteiger partial charge in [-0.1, -0.05) is 160 Å². The van der Waals surface area contributed by atoms with Crippen molar-refractivity contribution in [3.63, 3.8) is 0 Å². The van der Waals surface area contributed by atoms with E-state index in [0.29, 0.717) is 11.8 Å². The Hall–Kier alpha value is -6.90. The summed E-state index contributed by atoms with van der Waals surface area (Å²) in [5, 5.41) is 2.23. The quantitative estimate of drug-likeness (QED) is 0.150. The first kappa shape index (κ1) is 36.2. The van der Waals surface area contributed by atoms with E-state index < -0.39 is 0 Å². The summed E-state index contributed by atoms with van der Waals surface area (Å²) in [5.41, 5.74) is 18.9. The molecule has 0 amide bonds. The normalized spacial score (nSPS) is 18.2. The van der Waals surface area contributed by atoms with Crippen molar-refractivity contribution in [1.29, 1.82) is 0 Å². The van der Waals surface area contributed by atoms with Crippen molar-refractivity contribution in [2.24, 2.45) is 11.8 Å². The zero-order valence-electron chi connectivity index (χ0n) is 34.2. The van der Waals surface area contributed by atoms with Gasteiger partial charge in [0, 0.05) is 39.3 Å². The first-order chi connectivity index (χ1) is 29.5. The molecule has 2 heteroatoms. The topological polar surface area (TPSA) is 16.4 Å². The molecule has 3 unspecified atom stereocenters. The molecule has 3 atom stereocenters. The van der Waals surface area contributed by atoms with Crippen molar-refractivity contribution in [3.05, 3.63) is 211 Å². The maximum absolute atomic E-state index is 6.78. The van der Waals surface area contributed by atoms with Crippen LogP contribution in [0.15, 0.2) is 205 Å². The van der Waals surface area contributed by atoms with E-state index in [9.17, 15) is 0 Å². The Morgan fingerprint density at radius 1 is 0.517 bits per heavy atom. The molecule has 8 aromatic carbocycles. The van der Waals surface area contributed by atoms with Crippen LogP contribution in [0.5, 0.6) is 0 Å². The van der Waals surface area contributed by atoms with Crippen LogP contribution in [0.25, 0.3) is 66.4 Å². The second-order valence-corrected chi connectivity index (χ2v) is 17.0. The summed E-state index contributed by atoms with van der Waals surface area (Å²) in [6, 6.07) is 68.4. The second kappa shape index (κ2) is 14.4. The molecule has 1 spiro atoms. The van der Waals surface area contributed by atoms with E-state index in [-0.39, 0.29) is 5.41 Å². The Morgan fingerprint density at radius 2 is 1.02 bits per heavy atom. The van der Waals surface area contributed by atoms with E-state index in [1.165, 1.54) is 68.5 Å². The third kappa shape index (κ3) is 5.77. The Kier molecular flexibility index (Phi) is 8.71. The molecule has 2 nitrogen and oxygen atoms in total. The first-order valence-corrected chi connectivity index (χ1v) is 21.5. The Morgan fingerprint density at radius 3 is 1.65 bits per heavy atom. The van der Waals surface area contributed by atoms with Crippen LogP contribution < -0.4 is 4.90 Å². The van der Waals surface area contributed by atoms with Crippen LogP contribution in [0.3, 0.4) is 0 Å². The van der Waals surface area contributed by atoms with E-state index in [1.807, 2.05) is 0 Å². The molecule has 0 bridgehead atoms. The number of rotatable bonds is 7. The maximum atomic E-state index is 6.78. The molecule has 2 aliphatic carbocycles. The fourth-order valence-corrected chi connectivity index (χ4v) is 10.7. The largest absolute Gasteiger partial charge is 0.456 e. The van der Waals surface area contributed by atoms with Crippen LogP contribution in [0, 0.1) is 11.8 Å². The molecule has 0 N–H and O–H groups in total. The van der Waals surface area contributed by atoms with Crippen LogP contribution in [0.1, 0.15) is 44.2 Å². The van der Waals surface area contributed by atoms with Crippen molar-refractivity contribution >= 4 is 39.0 Å². The molecule has 1 aromatic heterocycles. The highest BCUT2D eigenvalue weighted by Gasteiger charge is 2.51. The fourth-order valence-electron chi connectivity index (χ4n) is 10.7. The number of furan rings is 1. The number of hydrogen-bond acceptors (Lipinski definition) is 2. The monoisotopic (exact) mass is 773 g/mol. The van der Waals surface area contributed by atoms with E-state index in [0.717, 1.165) is 51.0 Å². The molecule has 1 heterocycles. The van der Waals surface area contributed by atoms with E-state index in [1.54, 1.807) is 0 Å². The molecular formula is C58H47NO. The van der Waals surface area contributed by atoms with Gasteiger partial charge in [-0.2, -0.15) is 0 Å². The van der Waals surface area contributed by atoms with Gasteiger partial charge in [-0.05, 0) is 135 Å². The maximum Gasteiger partial charge on any atom is 0.137 e. The van der Waals surface area contributed by atoms with Crippen molar-refractivity contribution in [3.8, 4) is 44.5 Å². The molecule has 60 heavy (non-hydrogen) atoms. The van der Waals surface area contributed by atoms with Gasteiger partial charge in [0.1, 0.15) is 11.2 Å². The number of hydrogen-bond donors (Lipinski definition) is 0. The lowest BCUT2D eigenvalue weighted by Crippen LogP contribution is -2.40. The van der Waals surface area contributed by atoms with Gasteiger partial charge < -0.3 is 9.32 Å². The summed E-state index contributed by atoms with van der Waals surface area (Å²) in [6.07, 6.45) is 3.54. The van der Waals surface area contributed by atoms with E-state index >= 15 is 0 Å². The molecular weight excluding hydrogens is 727 g/mol. The van der Waals surface area contributed by atoms with E-state index in [4.69, 9.17) is 11.0 Å². The average Bonchev–Trinajstić information content (AvgIpc) is 3.82. The molecule has 1 fully saturated rings. The summed E-state index contributed by atoms with van der Waals surface area (Å²) < 4.78 is 6.78. The molecule has 290 valence electrons. The van der Waals surface area contributed by atoms with Gasteiger partial charge >= 0.3 is 0 Å². The van der Waals surface area contributed by atoms with Crippen LogP contribution in [-0.2, 0) is 5.41 Å². The second-order valence-electron chi connectivity index (χ2n) is 17.0. The SMILES string of the molecule is C=C1CC(CC)CC(C)C12c1ccccc1-c1cc(-c3ccc4c(c3)oc3cc(N(c5ccc(-c6ccccc6)cc5)c5ccc(-c6ccccc6)cc5)ccc34)ccc12. The molecule has 0 saturated heterocycles. The highest BCUT2D eigenvalue weighted by Crippen LogP contribution is 2.61. The minimum absolute atomic E-state index is 0.127. The van der Waals surface area contributed by atoms with Gasteiger partial charge in [0.2, 0.25) is 0 Å². The predicted molar refractivity (Wildman–Crippen MR) is 252 cm³/mol. The zero-order chi connectivity index (χ0) is 40.4. The Bertz CT molecular complexity index is 2970. The molecule has 9 aromatic rings. The zero-order valence-corrected chi connectivity index (χ0v) is 34.2. The highest BCUT2D eigenvalue weighted by molar-refractivity contribution is 6.07. The van der Waals surface area contributed by atoms with Gasteiger partial charge in [0.25, 0.3) is 0 Å². The molecule has 0 aliphatic heterocycles. The van der Waals surface area contributed by atoms with Crippen LogP contribution in [0.2, 0.25) is 0 Å². The standard InChI is InChI=1S/C58H47NO/c1-4-40-33-38(2)58(39(3)34-40)54-18-12-11-17-50(54)53-35-45(24-32-55(53)58)46-23-30-51-52-31-29-49(37-57(52)60-56(51)36-46)59(47-25-19-43(20-26-47)41-13-7-5-8-14-41)48-27-21-44(22-28-48)42-15-9-6-10-16-42/h5-32,35-37,39-40H,2,4,33-34H2,1,3H3. The average molecular weight is 774 g/mol. The van der Waals surface area contributed by atoms with Gasteiger partial charge in [-0.3, -0.25) is 0 Å². The number of fused-ring (bicyclic) bond motifs is 8. The Balaban J connectivity index is 0.974. The molecule has 1 saturated carbocycles. The molecule has 0 radical (unpaired) electrons. The van der Waals surface area contributed by atoms with Crippen molar-refractivity contribution in [2.45, 2.75) is 38.5 Å². The third-order valence-electron chi connectivity index (χ3n) is 13.7. The first-order valence-electron chi connectivity index (χ1n) is 21.5. The summed E-state index contributed by atoms with van der Waals surface area (Å²) in [4.78, 5) is 2.32. The summed E-state index contributed by atoms with van der Waals surface area (Å²) >= 11 is 0. The van der Waals surface area contributed by atoms with Gasteiger partial charge in [-0.15, -0.1) is 0 Å². The number of nitrogens with zero attached hydrogens (tertiary/aromatic N) is 1. The van der Waals surface area contributed by atoms with Crippen molar-refractivity contribution < 1.29 is 4.42 Å². The van der Waals surface area contributed by atoms with Crippen LogP contribution in [-0.4, -0.2) is 0 Å². The number of allylic oxidation sites excluding steroid dienone is 1. The molecule has 11 rings (SSSR count). The lowest BCUT2D eigenvalue weighted by Gasteiger charge is -2.46. The van der Waals surface area contributed by atoms with Crippen molar-refractivity contribution in [1.82, 2.24) is 0 Å². The molecule has 2 aliphatic rings. The van der Waals surface area contributed by atoms with Gasteiger partial charge in [-0.25, -0.2) is 0 Å². The minimum Gasteiger partial charge on any atom is -0.456 e. The van der Waals surface area contributed by atoms with Crippen molar-refractivity contribution in [2.75, 3.05) is 4.90 Å². The van der Waals surface area contributed by atoms with Gasteiger partial charge in [0.05, 0.1) is 0 Å². The van der Waals surface area contributed by atoms with Crippen LogP contribution in [0.4, 0.5) is 17.1 Å². The third-order valence-corrected chi connectivity index (χ3v) is 13.7. The summed E-state index contributed by atoms with van der Waals surface area (Å²) in [5.74, 6) is 1.20. The lowest BCUT2D eigenvalue weighted by atomic mass is 9.57. The highest BCUT2D eigenvalue weighted by atomic mass is 16.3. The smallest absolute Gasteiger partial charge is 0.137 e. The fraction of sp³-hybridized carbons (Fsp3) is 0.138. The van der Waals surface area contributed by atoms with Crippen LogP contribution >= 0.6 is 0 Å². The number of benzene rings is 8. The summed E-state index contributed by atoms with van der Waals surface area (Å²) in [7, 11) is 0. The number of anilines is 3. The van der Waals surface area contributed by atoms with E-state index in [2.05, 4.69) is 207 Å². The lowest BCUT2D eigenvalue weighted by molar-refractivity contribution is 0.248. The summed E-state index contributed by atoms with van der Waals surface area (Å²) in [6.45, 7) is 9.58. The van der Waals surface area contributed by atoms with Gasteiger partial charge in [0.15, 0.2) is 0 Å².